The van der Waals surface area contributed by atoms with E-state index in [0.29, 0.717) is 19.1 Å². The Kier molecular flexibility index (Phi) is 10.1. The smallest absolute Gasteiger partial charge is 0.335 e. The number of nitrogens with one attached hydrogen (secondary N) is 2. The molecule has 1 heterocycles. The summed E-state index contributed by atoms with van der Waals surface area (Å²) in [6, 6.07) is 6.85. The molecule has 7 nitrogen and oxygen atoms in total. The van der Waals surface area contributed by atoms with Gasteiger partial charge in [-0.05, 0) is 67.1 Å². The van der Waals surface area contributed by atoms with Gasteiger partial charge >= 0.3 is 5.97 Å². The summed E-state index contributed by atoms with van der Waals surface area (Å²) in [5, 5.41) is 16.4. The number of aromatic carboxylic acids is 1. The lowest BCUT2D eigenvalue weighted by Gasteiger charge is -2.42. The zero-order valence-electron chi connectivity index (χ0n) is 23.9. The van der Waals surface area contributed by atoms with E-state index in [-0.39, 0.29) is 28.3 Å². The van der Waals surface area contributed by atoms with Gasteiger partial charge in [0.25, 0.3) is 5.91 Å². The van der Waals surface area contributed by atoms with Crippen LogP contribution in [0.1, 0.15) is 103 Å². The highest BCUT2D eigenvalue weighted by Crippen LogP contribution is 2.41. The van der Waals surface area contributed by atoms with Crippen LogP contribution in [0.25, 0.3) is 0 Å². The second-order valence-corrected chi connectivity index (χ2v) is 12.9. The highest BCUT2D eigenvalue weighted by molar-refractivity contribution is 5.88. The van der Waals surface area contributed by atoms with Crippen molar-refractivity contribution in [2.75, 3.05) is 20.3 Å². The van der Waals surface area contributed by atoms with Gasteiger partial charge in [0, 0.05) is 13.7 Å². The predicted molar refractivity (Wildman–Crippen MR) is 145 cm³/mol. The van der Waals surface area contributed by atoms with Crippen LogP contribution in [-0.2, 0) is 9.53 Å². The number of carboxylic acids is 1. The summed E-state index contributed by atoms with van der Waals surface area (Å²) in [7, 11) is 1.65. The Labute approximate surface area is 218 Å². The molecule has 0 bridgehead atoms. The summed E-state index contributed by atoms with van der Waals surface area (Å²) in [5.41, 5.74) is 0.947. The van der Waals surface area contributed by atoms with E-state index in [1.54, 1.807) is 19.2 Å². The monoisotopic (exact) mass is 503 g/mol. The first kappa shape index (κ1) is 30.3. The van der Waals surface area contributed by atoms with Crippen molar-refractivity contribution in [3.8, 4) is 0 Å². The molecule has 7 heteroatoms. The van der Waals surface area contributed by atoms with Gasteiger partial charge in [0.05, 0.1) is 23.9 Å². The number of rotatable bonds is 12. The highest BCUT2D eigenvalue weighted by Gasteiger charge is 2.50. The van der Waals surface area contributed by atoms with Gasteiger partial charge in [0.2, 0.25) is 0 Å². The Balaban J connectivity index is 2.47. The number of carbonyl (C=O) groups is 2. The van der Waals surface area contributed by atoms with Crippen molar-refractivity contribution in [2.24, 2.45) is 16.7 Å². The Bertz CT molecular complexity index is 872. The lowest BCUT2D eigenvalue weighted by molar-refractivity contribution is -0.136. The summed E-state index contributed by atoms with van der Waals surface area (Å²) < 4.78 is 5.19. The van der Waals surface area contributed by atoms with Crippen LogP contribution in [0.5, 0.6) is 0 Å². The lowest BCUT2D eigenvalue weighted by Crippen LogP contribution is -2.53. The maximum atomic E-state index is 13.9. The van der Waals surface area contributed by atoms with Gasteiger partial charge < -0.3 is 14.7 Å². The second kappa shape index (κ2) is 12.1. The number of methoxy groups -OCH3 is 1. The topological polar surface area (TPSA) is 90.9 Å². The fourth-order valence-corrected chi connectivity index (χ4v) is 4.75. The van der Waals surface area contributed by atoms with Crippen molar-refractivity contribution < 1.29 is 19.4 Å². The molecule has 0 radical (unpaired) electrons. The van der Waals surface area contributed by atoms with Crippen LogP contribution in [0, 0.1) is 16.7 Å². The molecule has 0 aliphatic carbocycles. The van der Waals surface area contributed by atoms with Crippen LogP contribution >= 0.6 is 0 Å². The number of amides is 1. The molecule has 1 amide bonds. The van der Waals surface area contributed by atoms with Crippen molar-refractivity contribution in [1.82, 2.24) is 15.5 Å². The number of hydrogen-bond acceptors (Lipinski definition) is 5. The van der Waals surface area contributed by atoms with E-state index in [9.17, 15) is 14.7 Å². The molecule has 1 aliphatic heterocycles. The number of benzene rings is 1. The molecular weight excluding hydrogens is 454 g/mol. The zero-order chi connectivity index (χ0) is 27.3. The van der Waals surface area contributed by atoms with E-state index >= 15 is 0 Å². The molecule has 0 spiro atoms. The highest BCUT2D eigenvalue weighted by atomic mass is 16.5. The molecule has 0 aromatic heterocycles. The molecule has 1 aliphatic rings. The molecule has 3 N–H and O–H groups in total. The molecule has 1 fully saturated rings. The van der Waals surface area contributed by atoms with Crippen LogP contribution < -0.4 is 10.6 Å². The number of ether oxygens (including phenoxy) is 1. The summed E-state index contributed by atoms with van der Waals surface area (Å²) in [6.45, 7) is 18.9. The summed E-state index contributed by atoms with van der Waals surface area (Å²) >= 11 is 0. The van der Waals surface area contributed by atoms with Gasteiger partial charge in [-0.1, -0.05) is 60.6 Å². The fraction of sp³-hybridized carbons (Fsp3) is 0.724. The molecule has 4 atom stereocenters. The second-order valence-electron chi connectivity index (χ2n) is 12.9. The molecule has 3 unspecified atom stereocenters. The van der Waals surface area contributed by atoms with Gasteiger partial charge in [-0.2, -0.15) is 0 Å². The minimum Gasteiger partial charge on any atom is -0.478 e. The van der Waals surface area contributed by atoms with Gasteiger partial charge in [0.1, 0.15) is 6.17 Å². The molecule has 1 aromatic rings. The third-order valence-electron chi connectivity index (χ3n) is 7.69. The van der Waals surface area contributed by atoms with E-state index in [2.05, 4.69) is 66.0 Å². The molecule has 204 valence electrons. The van der Waals surface area contributed by atoms with E-state index in [1.165, 1.54) is 0 Å². The lowest BCUT2D eigenvalue weighted by atomic mass is 9.78. The minimum atomic E-state index is -0.949. The van der Waals surface area contributed by atoms with Crippen LogP contribution in [0.3, 0.4) is 0 Å². The van der Waals surface area contributed by atoms with Crippen LogP contribution in [0.2, 0.25) is 0 Å². The van der Waals surface area contributed by atoms with Crippen molar-refractivity contribution in [2.45, 2.75) is 98.9 Å². The van der Waals surface area contributed by atoms with Crippen LogP contribution in [0.15, 0.2) is 24.3 Å². The van der Waals surface area contributed by atoms with Crippen LogP contribution in [0.4, 0.5) is 0 Å². The maximum absolute atomic E-state index is 13.9. The van der Waals surface area contributed by atoms with Gasteiger partial charge in [0.15, 0.2) is 0 Å². The van der Waals surface area contributed by atoms with Crippen molar-refractivity contribution in [3.63, 3.8) is 0 Å². The molecule has 0 saturated carbocycles. The van der Waals surface area contributed by atoms with Gasteiger partial charge in [-0.15, -0.1) is 0 Å². The Hall–Kier alpha value is -1.96. The number of carbonyl (C=O) groups excluding carboxylic acids is 1. The third kappa shape index (κ3) is 8.02. The number of hydrogen-bond donors (Lipinski definition) is 3. The van der Waals surface area contributed by atoms with Gasteiger partial charge in [-0.25, -0.2) is 4.79 Å². The van der Waals surface area contributed by atoms with Gasteiger partial charge in [-0.3, -0.25) is 15.4 Å². The first-order valence-electron chi connectivity index (χ1n) is 13.3. The predicted octanol–water partition coefficient (Wildman–Crippen LogP) is 5.42. The van der Waals surface area contributed by atoms with Crippen LogP contribution in [-0.4, -0.2) is 54.0 Å². The Morgan fingerprint density at radius 1 is 1.17 bits per heavy atom. The standard InChI is InChI=1S/C29H49N3O4/c1-20(28(5,6)7)14-17-29(8)31-24(30-18-19-36-9)25(33)32(29)23(15-16-27(2,3)4)21-10-12-22(13-11-21)26(34)35/h10-13,20,23-24,30-31H,14-19H2,1-9H3,(H,34,35)/t20?,23-,24?,29?/m1/s1. The van der Waals surface area contributed by atoms with Crippen molar-refractivity contribution in [3.05, 3.63) is 35.4 Å². The molecule has 1 saturated heterocycles. The first-order chi connectivity index (χ1) is 16.6. The Morgan fingerprint density at radius 3 is 2.28 bits per heavy atom. The largest absolute Gasteiger partial charge is 0.478 e. The number of carboxylic acid groups (broad SMARTS) is 1. The Morgan fingerprint density at radius 2 is 1.78 bits per heavy atom. The molecule has 1 aromatic carbocycles. The normalized spacial score (nSPS) is 22.6. The average molecular weight is 504 g/mol. The van der Waals surface area contributed by atoms with E-state index < -0.39 is 17.8 Å². The summed E-state index contributed by atoms with van der Waals surface area (Å²) in [5.74, 6) is -0.440. The minimum absolute atomic E-state index is 0.0261. The summed E-state index contributed by atoms with van der Waals surface area (Å²) in [6.07, 6.45) is 3.02. The van der Waals surface area contributed by atoms with E-state index in [0.717, 1.165) is 31.2 Å². The molecule has 2 rings (SSSR count). The number of nitrogens with zero attached hydrogens (tertiary/aromatic N) is 1. The third-order valence-corrected chi connectivity index (χ3v) is 7.69. The maximum Gasteiger partial charge on any atom is 0.335 e. The van der Waals surface area contributed by atoms with Crippen molar-refractivity contribution >= 4 is 11.9 Å². The quantitative estimate of drug-likeness (QED) is 0.330. The fourth-order valence-electron chi connectivity index (χ4n) is 4.75. The zero-order valence-corrected chi connectivity index (χ0v) is 23.9. The summed E-state index contributed by atoms with van der Waals surface area (Å²) in [4.78, 5) is 27.4. The van der Waals surface area contributed by atoms with E-state index in [4.69, 9.17) is 4.74 Å². The SMILES string of the molecule is COCCNC1NC(C)(CCC(C)C(C)(C)C)N([C@H](CCC(C)(C)C)c2ccc(C(=O)O)cc2)C1=O. The van der Waals surface area contributed by atoms with Crippen molar-refractivity contribution in [1.29, 1.82) is 0 Å². The average Bonchev–Trinajstić information content (AvgIpc) is 3.02. The van der Waals surface area contributed by atoms with E-state index in [1.807, 2.05) is 17.0 Å². The first-order valence-corrected chi connectivity index (χ1v) is 13.3. The molecule has 36 heavy (non-hydrogen) atoms. The molecular formula is C29H49N3O4.